The highest BCUT2D eigenvalue weighted by molar-refractivity contribution is 7.92. The van der Waals surface area contributed by atoms with Gasteiger partial charge >= 0.3 is 5.69 Å². The van der Waals surface area contributed by atoms with Crippen LogP contribution in [0.1, 0.15) is 144 Å². The Morgan fingerprint density at radius 2 is 1.38 bits per heavy atom. The number of aromatic nitrogens is 4. The van der Waals surface area contributed by atoms with E-state index in [4.69, 9.17) is 21.1 Å². The van der Waals surface area contributed by atoms with Gasteiger partial charge in [0.15, 0.2) is 6.04 Å². The Kier molecular flexibility index (Phi) is 20.0. The van der Waals surface area contributed by atoms with Crippen molar-refractivity contribution in [2.75, 3.05) is 23.3 Å². The smallest absolute Gasteiger partial charge is 0.335 e. The molecule has 1 unspecified atom stereocenters. The van der Waals surface area contributed by atoms with Gasteiger partial charge < -0.3 is 19.9 Å². The minimum atomic E-state index is -4.28. The first kappa shape index (κ1) is 50.5. The molecule has 0 saturated carbocycles. The molecule has 0 aliphatic heterocycles. The normalized spacial score (nSPS) is 11.9. The van der Waals surface area contributed by atoms with Crippen molar-refractivity contribution in [2.24, 2.45) is 0 Å². The van der Waals surface area contributed by atoms with Crippen molar-refractivity contribution in [1.82, 2.24) is 19.3 Å². The van der Waals surface area contributed by atoms with Crippen LogP contribution >= 0.6 is 11.6 Å². The van der Waals surface area contributed by atoms with E-state index in [1.54, 1.807) is 56.3 Å². The number of aromatic amines is 1. The van der Waals surface area contributed by atoms with E-state index in [-0.39, 0.29) is 58.4 Å². The van der Waals surface area contributed by atoms with Crippen LogP contribution in [0.3, 0.4) is 0 Å². The van der Waals surface area contributed by atoms with Crippen LogP contribution in [0.2, 0.25) is 5.02 Å². The van der Waals surface area contributed by atoms with E-state index in [1.165, 1.54) is 107 Å². The van der Waals surface area contributed by atoms with Crippen LogP contribution in [-0.2, 0) is 21.4 Å². The van der Waals surface area contributed by atoms with E-state index in [0.717, 1.165) is 23.8 Å². The molecule has 4 N–H and O–H groups in total. The van der Waals surface area contributed by atoms with E-state index < -0.39 is 39.3 Å². The first-order valence-electron chi connectivity index (χ1n) is 23.1. The van der Waals surface area contributed by atoms with Crippen molar-refractivity contribution in [1.29, 1.82) is 0 Å². The second kappa shape index (κ2) is 25.8. The monoisotopic (exact) mass is 932 g/mol. The maximum absolute atomic E-state index is 14.6. The number of halogens is 1. The van der Waals surface area contributed by atoms with Crippen molar-refractivity contribution in [3.05, 3.63) is 111 Å². The van der Waals surface area contributed by atoms with Crippen LogP contribution in [0, 0.1) is 6.92 Å². The molecule has 3 aromatic carbocycles. The molecule has 0 aliphatic rings. The standard InChI is InChI=1S/C49H65ClN6O8S/c1-4-6-7-8-9-10-11-12-13-14-15-16-17-18-19-25-32-64-43-31-30-38(65(61,62)54-40-29-24-23-28-39(40)50)34-41(43)51-46(58)44(45(57)42-33-36(3)52-53-42)56-47(59)48(63-5-2)55(49(56)60)35-37-26-21-20-22-27-37/h20-24,26-31,33-34,44,54,59H,4-19,25,32,35H2,1-3H3,(H,51,58)(H,52,53). The molecule has 0 aliphatic carbocycles. The minimum absolute atomic E-state index is 0.0463. The fraction of sp³-hybridized carbons (Fsp3) is 0.469. The highest BCUT2D eigenvalue weighted by atomic mass is 35.5. The van der Waals surface area contributed by atoms with Crippen LogP contribution in [0.25, 0.3) is 0 Å². The van der Waals surface area contributed by atoms with Crippen LogP contribution in [-0.4, -0.2) is 57.8 Å². The summed E-state index contributed by atoms with van der Waals surface area (Å²) in [5.41, 5.74) is 0.167. The van der Waals surface area contributed by atoms with Crippen LogP contribution in [0.5, 0.6) is 17.5 Å². The number of carbonyl (C=O) groups excluding carboxylic acids is 2. The quantitative estimate of drug-likeness (QED) is 0.0197. The molecule has 1 atom stereocenters. The third kappa shape index (κ3) is 14.7. The Morgan fingerprint density at radius 1 is 0.785 bits per heavy atom. The molecule has 1 amide bonds. The number of ketones is 1. The average molecular weight is 934 g/mol. The van der Waals surface area contributed by atoms with Gasteiger partial charge in [0.25, 0.3) is 27.7 Å². The second-order valence-electron chi connectivity index (χ2n) is 16.4. The number of nitrogens with zero attached hydrogens (tertiary/aromatic N) is 3. The third-order valence-corrected chi connectivity index (χ3v) is 12.9. The molecule has 5 rings (SSSR count). The number of imidazole rings is 1. The van der Waals surface area contributed by atoms with Crippen molar-refractivity contribution in [3.63, 3.8) is 0 Å². The van der Waals surface area contributed by atoms with E-state index in [1.807, 2.05) is 6.07 Å². The number of benzene rings is 3. The Balaban J connectivity index is 1.33. The number of ether oxygens (including phenoxy) is 2. The van der Waals surface area contributed by atoms with Crippen molar-refractivity contribution >= 4 is 44.7 Å². The van der Waals surface area contributed by atoms with Gasteiger partial charge in [-0.1, -0.05) is 157 Å². The van der Waals surface area contributed by atoms with Crippen molar-refractivity contribution < 1.29 is 32.6 Å². The molecule has 14 nitrogen and oxygen atoms in total. The molecule has 0 spiro atoms. The summed E-state index contributed by atoms with van der Waals surface area (Å²) in [5.74, 6) is -2.87. The number of sulfonamides is 1. The second-order valence-corrected chi connectivity index (χ2v) is 18.5. The molecular formula is C49H65ClN6O8S. The van der Waals surface area contributed by atoms with Crippen LogP contribution in [0.15, 0.2) is 88.6 Å². The predicted octanol–water partition coefficient (Wildman–Crippen LogP) is 11.0. The number of rotatable bonds is 30. The summed E-state index contributed by atoms with van der Waals surface area (Å²) >= 11 is 6.28. The van der Waals surface area contributed by atoms with Gasteiger partial charge in [-0.25, -0.2) is 17.8 Å². The van der Waals surface area contributed by atoms with Crippen LogP contribution < -0.4 is 25.2 Å². The summed E-state index contributed by atoms with van der Waals surface area (Å²) in [6.45, 7) is 5.85. The maximum atomic E-state index is 14.6. The number of aromatic hydroxyl groups is 1. The number of H-pyrrole nitrogens is 1. The van der Waals surface area contributed by atoms with Gasteiger partial charge in [0.1, 0.15) is 11.4 Å². The summed E-state index contributed by atoms with van der Waals surface area (Å²) in [5, 5.41) is 21.2. The Hall–Kier alpha value is -5.54. The molecule has 16 heteroatoms. The number of amides is 1. The van der Waals surface area contributed by atoms with Gasteiger partial charge in [0.05, 0.1) is 41.1 Å². The van der Waals surface area contributed by atoms with E-state index in [2.05, 4.69) is 27.2 Å². The fourth-order valence-corrected chi connectivity index (χ4v) is 9.01. The van der Waals surface area contributed by atoms with Gasteiger partial charge in [-0.2, -0.15) is 5.10 Å². The number of anilines is 2. The van der Waals surface area contributed by atoms with Crippen molar-refractivity contribution in [3.8, 4) is 17.5 Å². The Bertz CT molecular complexity index is 2450. The number of hydrogen-bond donors (Lipinski definition) is 4. The third-order valence-electron chi connectivity index (χ3n) is 11.2. The van der Waals surface area contributed by atoms with Crippen LogP contribution in [0.4, 0.5) is 11.4 Å². The van der Waals surface area contributed by atoms with Crippen molar-refractivity contribution in [2.45, 2.75) is 141 Å². The van der Waals surface area contributed by atoms with E-state index >= 15 is 0 Å². The zero-order chi connectivity index (χ0) is 46.6. The van der Waals surface area contributed by atoms with Gasteiger partial charge in [-0.05, 0) is 62.2 Å². The fourth-order valence-electron chi connectivity index (χ4n) is 7.67. The summed E-state index contributed by atoms with van der Waals surface area (Å²) in [6, 6.07) is 18.6. The molecule has 65 heavy (non-hydrogen) atoms. The SMILES string of the molecule is CCCCCCCCCCCCCCCCCCOc1ccc(S(=O)(=O)Nc2ccccc2Cl)cc1NC(=O)C(C(=O)c1cc(C)[nH]n1)n1c(O)c(OCC)n(Cc2ccccc2)c1=O. The Labute approximate surface area is 388 Å². The maximum Gasteiger partial charge on any atom is 0.335 e. The summed E-state index contributed by atoms with van der Waals surface area (Å²) < 4.78 is 43.6. The molecule has 0 radical (unpaired) electrons. The topological polar surface area (TPSA) is 187 Å². The number of para-hydroxylation sites is 1. The first-order valence-corrected chi connectivity index (χ1v) is 24.9. The zero-order valence-corrected chi connectivity index (χ0v) is 39.5. The molecule has 0 saturated heterocycles. The number of aryl methyl sites for hydroxylation is 1. The van der Waals surface area contributed by atoms with Gasteiger partial charge in [0.2, 0.25) is 5.78 Å². The number of nitrogens with one attached hydrogen (secondary N) is 3. The molecule has 5 aromatic rings. The molecule has 2 heterocycles. The number of hydrogen-bond acceptors (Lipinski definition) is 9. The highest BCUT2D eigenvalue weighted by Gasteiger charge is 2.38. The molecule has 0 bridgehead atoms. The summed E-state index contributed by atoms with van der Waals surface area (Å²) in [4.78, 5) is 43.0. The summed E-state index contributed by atoms with van der Waals surface area (Å²) in [7, 11) is -4.28. The molecule has 0 fully saturated rings. The van der Waals surface area contributed by atoms with Gasteiger partial charge in [-0.3, -0.25) is 24.0 Å². The molecule has 352 valence electrons. The molecular weight excluding hydrogens is 868 g/mol. The highest BCUT2D eigenvalue weighted by Crippen LogP contribution is 2.34. The average Bonchev–Trinajstić information content (AvgIpc) is 3.82. The Morgan fingerprint density at radius 3 is 1.97 bits per heavy atom. The first-order chi connectivity index (χ1) is 31.4. The number of unbranched alkanes of at least 4 members (excludes halogenated alkanes) is 15. The lowest BCUT2D eigenvalue weighted by molar-refractivity contribution is -0.118. The zero-order valence-electron chi connectivity index (χ0n) is 38.0. The van der Waals surface area contributed by atoms with E-state index in [0.29, 0.717) is 22.2 Å². The largest absolute Gasteiger partial charge is 0.491 e. The lowest BCUT2D eigenvalue weighted by Gasteiger charge is -2.19. The van der Waals surface area contributed by atoms with Gasteiger partial charge in [-0.15, -0.1) is 0 Å². The molecule has 2 aromatic heterocycles. The number of carbonyl (C=O) groups is 2. The minimum Gasteiger partial charge on any atom is -0.491 e. The number of Topliss-reactive ketones (excluding diaryl/α,β-unsaturated/α-hetero) is 1. The summed E-state index contributed by atoms with van der Waals surface area (Å²) in [6.07, 6.45) is 19.5. The lowest BCUT2D eigenvalue weighted by atomic mass is 10.0. The van der Waals surface area contributed by atoms with Gasteiger partial charge in [0, 0.05) is 5.69 Å². The van der Waals surface area contributed by atoms with E-state index in [9.17, 15) is 27.9 Å². The lowest BCUT2D eigenvalue weighted by Crippen LogP contribution is -2.39. The predicted molar refractivity (Wildman–Crippen MR) is 256 cm³/mol.